The second-order valence-corrected chi connectivity index (χ2v) is 13.5. The lowest BCUT2D eigenvalue weighted by Crippen LogP contribution is -2.53. The second kappa shape index (κ2) is 15.1. The first-order chi connectivity index (χ1) is 21.1. The van der Waals surface area contributed by atoms with E-state index in [0.29, 0.717) is 6.54 Å². The number of para-hydroxylation sites is 1. The second-order valence-electron chi connectivity index (χ2n) is 10.8. The largest absolute Gasteiger partial charge is 0.354 e. The predicted octanol–water partition coefficient (Wildman–Crippen LogP) is 6.20. The fraction of sp³-hybridized carbons (Fsp3) is 0.235. The van der Waals surface area contributed by atoms with Gasteiger partial charge in [0.1, 0.15) is 18.4 Å². The molecule has 0 heterocycles. The quantitative estimate of drug-likeness (QED) is 0.182. The number of rotatable bonds is 13. The predicted molar refractivity (Wildman–Crippen MR) is 174 cm³/mol. The molecule has 0 saturated carbocycles. The number of carbonyl (C=O) groups excluding carboxylic acids is 2. The minimum atomic E-state index is -4.37. The SMILES string of the molecule is CC(C)CNC(=O)[C@@H](Cc1ccccc1)N(Cc1ccc(Br)cc1)C(=O)CN(c1ccccc1F)S(=O)(=O)c1ccccc1. The van der Waals surface area contributed by atoms with Crippen molar-refractivity contribution in [1.29, 1.82) is 0 Å². The van der Waals surface area contributed by atoms with Gasteiger partial charge in [-0.2, -0.15) is 0 Å². The molecule has 1 atom stereocenters. The van der Waals surface area contributed by atoms with Crippen LogP contribution in [-0.2, 0) is 32.6 Å². The number of sulfonamides is 1. The smallest absolute Gasteiger partial charge is 0.264 e. The molecule has 44 heavy (non-hydrogen) atoms. The van der Waals surface area contributed by atoms with E-state index in [1.165, 1.54) is 35.2 Å². The van der Waals surface area contributed by atoms with Crippen LogP contribution in [0.3, 0.4) is 0 Å². The van der Waals surface area contributed by atoms with Crippen molar-refractivity contribution in [3.05, 3.63) is 131 Å². The van der Waals surface area contributed by atoms with Gasteiger partial charge in [0.05, 0.1) is 10.6 Å². The standard InChI is InChI=1S/C34H35BrFN3O4S/c1-25(2)22-37-34(41)32(21-26-11-5-3-6-12-26)38(23-27-17-19-28(35)20-18-27)33(40)24-39(31-16-10-9-15-30(31)36)44(42,43)29-13-7-4-8-14-29/h3-20,25,32H,21-24H2,1-2H3,(H,37,41)/t32-/m1/s1. The van der Waals surface area contributed by atoms with Crippen LogP contribution >= 0.6 is 15.9 Å². The van der Waals surface area contributed by atoms with Gasteiger partial charge in [-0.15, -0.1) is 0 Å². The summed E-state index contributed by atoms with van der Waals surface area (Å²) in [6, 6.07) is 28.6. The molecular formula is C34H35BrFN3O4S. The van der Waals surface area contributed by atoms with E-state index in [4.69, 9.17) is 0 Å². The van der Waals surface area contributed by atoms with Crippen molar-refractivity contribution in [3.63, 3.8) is 0 Å². The molecule has 0 aliphatic rings. The van der Waals surface area contributed by atoms with Crippen LogP contribution in [0.1, 0.15) is 25.0 Å². The van der Waals surface area contributed by atoms with Crippen LogP contribution in [0.5, 0.6) is 0 Å². The number of nitrogens with zero attached hydrogens (tertiary/aromatic N) is 2. The maximum atomic E-state index is 15.2. The van der Waals surface area contributed by atoms with E-state index in [1.54, 1.807) is 18.2 Å². The van der Waals surface area contributed by atoms with E-state index in [9.17, 15) is 18.0 Å². The highest BCUT2D eigenvalue weighted by Gasteiger charge is 2.35. The average molecular weight is 681 g/mol. The summed E-state index contributed by atoms with van der Waals surface area (Å²) in [5, 5.41) is 2.95. The van der Waals surface area contributed by atoms with Crippen molar-refractivity contribution in [2.24, 2.45) is 5.92 Å². The van der Waals surface area contributed by atoms with E-state index in [2.05, 4.69) is 21.2 Å². The van der Waals surface area contributed by atoms with Crippen LogP contribution in [0.25, 0.3) is 0 Å². The molecule has 0 bridgehead atoms. The molecular weight excluding hydrogens is 645 g/mol. The Hall–Kier alpha value is -4.02. The van der Waals surface area contributed by atoms with Gasteiger partial charge in [-0.05, 0) is 53.4 Å². The Kier molecular flexibility index (Phi) is 11.3. The number of carbonyl (C=O) groups is 2. The lowest BCUT2D eigenvalue weighted by molar-refractivity contribution is -0.140. The molecule has 2 amide bonds. The summed E-state index contributed by atoms with van der Waals surface area (Å²) in [7, 11) is -4.37. The number of hydrogen-bond donors (Lipinski definition) is 1. The van der Waals surface area contributed by atoms with Gasteiger partial charge >= 0.3 is 0 Å². The molecule has 0 aliphatic heterocycles. The van der Waals surface area contributed by atoms with Gasteiger partial charge in [0.25, 0.3) is 10.0 Å². The lowest BCUT2D eigenvalue weighted by atomic mass is 10.0. The summed E-state index contributed by atoms with van der Waals surface area (Å²) in [4.78, 5) is 29.4. The zero-order chi connectivity index (χ0) is 31.7. The highest BCUT2D eigenvalue weighted by Crippen LogP contribution is 2.27. The van der Waals surface area contributed by atoms with Crippen molar-refractivity contribution >= 4 is 43.5 Å². The minimum absolute atomic E-state index is 0.0230. The Morgan fingerprint density at radius 1 is 0.818 bits per heavy atom. The van der Waals surface area contributed by atoms with E-state index >= 15 is 4.39 Å². The van der Waals surface area contributed by atoms with Gasteiger partial charge in [-0.3, -0.25) is 13.9 Å². The molecule has 10 heteroatoms. The van der Waals surface area contributed by atoms with E-state index in [1.807, 2.05) is 68.4 Å². The Labute approximate surface area is 266 Å². The fourth-order valence-corrected chi connectivity index (χ4v) is 6.36. The van der Waals surface area contributed by atoms with Crippen LogP contribution < -0.4 is 9.62 Å². The third-order valence-corrected chi connectivity index (χ3v) is 9.26. The molecule has 1 N–H and O–H groups in total. The zero-order valence-electron chi connectivity index (χ0n) is 24.6. The van der Waals surface area contributed by atoms with Crippen molar-refractivity contribution < 1.29 is 22.4 Å². The van der Waals surface area contributed by atoms with Crippen molar-refractivity contribution in [1.82, 2.24) is 10.2 Å². The molecule has 4 aromatic carbocycles. The first-order valence-corrected chi connectivity index (χ1v) is 16.5. The van der Waals surface area contributed by atoms with Crippen LogP contribution in [0.2, 0.25) is 0 Å². The highest BCUT2D eigenvalue weighted by atomic mass is 79.9. The molecule has 4 aromatic rings. The lowest BCUT2D eigenvalue weighted by Gasteiger charge is -2.34. The van der Waals surface area contributed by atoms with E-state index < -0.39 is 34.3 Å². The third-order valence-electron chi connectivity index (χ3n) is 6.95. The van der Waals surface area contributed by atoms with Crippen LogP contribution in [0.4, 0.5) is 10.1 Å². The first kappa shape index (κ1) is 32.9. The van der Waals surface area contributed by atoms with Crippen molar-refractivity contribution in [3.8, 4) is 0 Å². The molecule has 0 spiro atoms. The number of anilines is 1. The Bertz CT molecular complexity index is 1650. The van der Waals surface area contributed by atoms with Crippen molar-refractivity contribution in [2.75, 3.05) is 17.4 Å². The number of hydrogen-bond acceptors (Lipinski definition) is 4. The zero-order valence-corrected chi connectivity index (χ0v) is 27.0. The number of amides is 2. The van der Waals surface area contributed by atoms with Gasteiger partial charge in [-0.25, -0.2) is 12.8 Å². The maximum absolute atomic E-state index is 15.2. The average Bonchev–Trinajstić information content (AvgIpc) is 3.02. The maximum Gasteiger partial charge on any atom is 0.264 e. The van der Waals surface area contributed by atoms with Gasteiger partial charge in [-0.1, -0.05) is 103 Å². The Morgan fingerprint density at radius 3 is 2.02 bits per heavy atom. The summed E-state index contributed by atoms with van der Waals surface area (Å²) in [6.07, 6.45) is 0.193. The number of halogens is 2. The molecule has 0 radical (unpaired) electrons. The van der Waals surface area contributed by atoms with Crippen LogP contribution in [0, 0.1) is 11.7 Å². The van der Waals surface area contributed by atoms with E-state index in [-0.39, 0.29) is 35.4 Å². The summed E-state index contributed by atoms with van der Waals surface area (Å²) in [5.41, 5.74) is 1.30. The normalized spacial score (nSPS) is 12.0. The molecule has 7 nitrogen and oxygen atoms in total. The van der Waals surface area contributed by atoms with Gasteiger partial charge < -0.3 is 10.2 Å². The molecule has 0 unspecified atom stereocenters. The van der Waals surface area contributed by atoms with Gasteiger partial charge in [0.2, 0.25) is 11.8 Å². The summed E-state index contributed by atoms with van der Waals surface area (Å²) < 4.78 is 44.6. The molecule has 0 aromatic heterocycles. The number of benzene rings is 4. The summed E-state index contributed by atoms with van der Waals surface area (Å²) in [5.74, 6) is -1.65. The van der Waals surface area contributed by atoms with Crippen LogP contribution in [-0.4, -0.2) is 44.3 Å². The third kappa shape index (κ3) is 8.54. The number of nitrogens with one attached hydrogen (secondary N) is 1. The monoisotopic (exact) mass is 679 g/mol. The molecule has 0 aliphatic carbocycles. The summed E-state index contributed by atoms with van der Waals surface area (Å²) >= 11 is 3.43. The van der Waals surface area contributed by atoms with E-state index in [0.717, 1.165) is 26.0 Å². The van der Waals surface area contributed by atoms with Crippen molar-refractivity contribution in [2.45, 2.75) is 37.8 Å². The molecule has 0 saturated heterocycles. The molecule has 4 rings (SSSR count). The van der Waals surface area contributed by atoms with Gasteiger partial charge in [0.15, 0.2) is 0 Å². The molecule has 230 valence electrons. The first-order valence-electron chi connectivity index (χ1n) is 14.2. The fourth-order valence-electron chi connectivity index (χ4n) is 4.65. The molecule has 0 fully saturated rings. The van der Waals surface area contributed by atoms with Gasteiger partial charge in [0, 0.05) is 24.0 Å². The highest BCUT2D eigenvalue weighted by molar-refractivity contribution is 9.10. The minimum Gasteiger partial charge on any atom is -0.354 e. The topological polar surface area (TPSA) is 86.8 Å². The Morgan fingerprint density at radius 2 is 1.41 bits per heavy atom. The van der Waals surface area contributed by atoms with Crippen LogP contribution in [0.15, 0.2) is 119 Å². The Balaban J connectivity index is 1.79. The summed E-state index contributed by atoms with van der Waals surface area (Å²) in [6.45, 7) is 3.64.